The molecular weight excluding hydrogens is 262 g/mol. The number of rotatable bonds is 3. The number of aromatic nitrogens is 2. The summed E-state index contributed by atoms with van der Waals surface area (Å²) in [6.45, 7) is 2.75. The first-order valence-electron chi connectivity index (χ1n) is 6.28. The van der Waals surface area contributed by atoms with E-state index in [1.807, 2.05) is 25.7 Å². The standard InChI is InChI=1S/C12H17N5OS/c1-13-7-9-11(14-12-17(9)5-6-19-12)16-4-3-15(2)10(18)8-16/h5-6,13H,3-4,7-8H2,1-2H3. The number of amides is 1. The van der Waals surface area contributed by atoms with Gasteiger partial charge in [-0.3, -0.25) is 9.20 Å². The van der Waals surface area contributed by atoms with Crippen molar-refractivity contribution in [2.45, 2.75) is 6.54 Å². The van der Waals surface area contributed by atoms with Crippen LogP contribution in [0.5, 0.6) is 0 Å². The Morgan fingerprint density at radius 3 is 3.05 bits per heavy atom. The second-order valence-electron chi connectivity index (χ2n) is 4.70. The Morgan fingerprint density at radius 2 is 2.32 bits per heavy atom. The minimum Gasteiger partial charge on any atom is -0.344 e. The van der Waals surface area contributed by atoms with E-state index in [1.54, 1.807) is 16.2 Å². The molecule has 1 saturated heterocycles. The molecule has 0 spiro atoms. The lowest BCUT2D eigenvalue weighted by Gasteiger charge is -2.32. The highest BCUT2D eigenvalue weighted by Crippen LogP contribution is 2.25. The lowest BCUT2D eigenvalue weighted by Crippen LogP contribution is -2.49. The van der Waals surface area contributed by atoms with Crippen LogP contribution in [0.3, 0.4) is 0 Å². The van der Waals surface area contributed by atoms with Crippen LogP contribution in [0.1, 0.15) is 5.69 Å². The second kappa shape index (κ2) is 4.82. The van der Waals surface area contributed by atoms with E-state index in [-0.39, 0.29) is 5.91 Å². The average molecular weight is 279 g/mol. The maximum atomic E-state index is 11.8. The molecule has 3 rings (SSSR count). The minimum atomic E-state index is 0.151. The number of fused-ring (bicyclic) bond motifs is 1. The van der Waals surface area contributed by atoms with E-state index in [4.69, 9.17) is 0 Å². The smallest absolute Gasteiger partial charge is 0.241 e. The maximum Gasteiger partial charge on any atom is 0.241 e. The molecule has 7 heteroatoms. The first-order valence-corrected chi connectivity index (χ1v) is 7.16. The van der Waals surface area contributed by atoms with Crippen molar-refractivity contribution in [1.29, 1.82) is 0 Å². The van der Waals surface area contributed by atoms with Crippen LogP contribution in [0.2, 0.25) is 0 Å². The highest BCUT2D eigenvalue weighted by molar-refractivity contribution is 7.15. The quantitative estimate of drug-likeness (QED) is 0.883. The molecule has 19 heavy (non-hydrogen) atoms. The summed E-state index contributed by atoms with van der Waals surface area (Å²) in [5.41, 5.74) is 1.12. The van der Waals surface area contributed by atoms with E-state index in [0.717, 1.165) is 36.1 Å². The molecule has 1 fully saturated rings. The fourth-order valence-electron chi connectivity index (χ4n) is 2.35. The Morgan fingerprint density at radius 1 is 1.47 bits per heavy atom. The van der Waals surface area contributed by atoms with Crippen LogP contribution in [0, 0.1) is 0 Å². The zero-order valence-electron chi connectivity index (χ0n) is 11.1. The average Bonchev–Trinajstić information content (AvgIpc) is 2.96. The lowest BCUT2D eigenvalue weighted by atomic mass is 10.3. The molecule has 0 unspecified atom stereocenters. The Labute approximate surface area is 115 Å². The molecular formula is C12H17N5OS. The topological polar surface area (TPSA) is 52.9 Å². The van der Waals surface area contributed by atoms with Crippen LogP contribution in [0.4, 0.5) is 5.82 Å². The summed E-state index contributed by atoms with van der Waals surface area (Å²) in [7, 11) is 3.77. The number of hydrogen-bond acceptors (Lipinski definition) is 5. The zero-order chi connectivity index (χ0) is 13.4. The van der Waals surface area contributed by atoms with Gasteiger partial charge < -0.3 is 15.1 Å². The van der Waals surface area contributed by atoms with Crippen molar-refractivity contribution in [3.05, 3.63) is 17.3 Å². The lowest BCUT2D eigenvalue weighted by molar-refractivity contribution is -0.129. The van der Waals surface area contributed by atoms with Gasteiger partial charge in [-0.05, 0) is 7.05 Å². The van der Waals surface area contributed by atoms with E-state index in [2.05, 4.69) is 19.6 Å². The first-order chi connectivity index (χ1) is 9.20. The molecule has 1 amide bonds. The number of thiazole rings is 1. The predicted molar refractivity (Wildman–Crippen MR) is 75.7 cm³/mol. The van der Waals surface area contributed by atoms with E-state index in [9.17, 15) is 4.79 Å². The molecule has 2 aromatic heterocycles. The summed E-state index contributed by atoms with van der Waals surface area (Å²) in [6, 6.07) is 0. The zero-order valence-corrected chi connectivity index (χ0v) is 11.9. The maximum absolute atomic E-state index is 11.8. The van der Waals surface area contributed by atoms with Gasteiger partial charge in [0.2, 0.25) is 5.91 Å². The summed E-state index contributed by atoms with van der Waals surface area (Å²) in [5, 5.41) is 5.20. The molecule has 0 bridgehead atoms. The van der Waals surface area contributed by atoms with Crippen LogP contribution < -0.4 is 10.2 Å². The summed E-state index contributed by atoms with van der Waals surface area (Å²) in [5.74, 6) is 1.08. The van der Waals surface area contributed by atoms with Crippen LogP contribution >= 0.6 is 11.3 Å². The summed E-state index contributed by atoms with van der Waals surface area (Å²) < 4.78 is 2.10. The largest absolute Gasteiger partial charge is 0.344 e. The van der Waals surface area contributed by atoms with Gasteiger partial charge in [0, 0.05) is 38.3 Å². The molecule has 1 N–H and O–H groups in total. The third-order valence-corrected chi connectivity index (χ3v) is 4.20. The highest BCUT2D eigenvalue weighted by atomic mass is 32.1. The van der Waals surface area contributed by atoms with Gasteiger partial charge in [0.05, 0.1) is 12.2 Å². The number of carbonyl (C=O) groups excluding carboxylic acids is 1. The van der Waals surface area contributed by atoms with Gasteiger partial charge in [-0.2, -0.15) is 0 Å². The number of piperazine rings is 1. The van der Waals surface area contributed by atoms with Crippen molar-refractivity contribution in [2.24, 2.45) is 0 Å². The van der Waals surface area contributed by atoms with Gasteiger partial charge in [0.1, 0.15) is 0 Å². The van der Waals surface area contributed by atoms with Gasteiger partial charge in [-0.15, -0.1) is 11.3 Å². The molecule has 1 aliphatic heterocycles. The molecule has 0 aromatic carbocycles. The number of likely N-dealkylation sites (N-methyl/N-ethyl adjacent to an activating group) is 1. The second-order valence-corrected chi connectivity index (χ2v) is 5.58. The number of hydrogen-bond donors (Lipinski definition) is 1. The molecule has 2 aromatic rings. The van der Waals surface area contributed by atoms with Crippen LogP contribution in [0.25, 0.3) is 4.96 Å². The van der Waals surface area contributed by atoms with Crippen molar-refractivity contribution in [3.8, 4) is 0 Å². The SMILES string of the molecule is CNCc1c(N2CCN(C)C(=O)C2)nc2sccn12. The molecule has 0 radical (unpaired) electrons. The van der Waals surface area contributed by atoms with Gasteiger partial charge in [-0.25, -0.2) is 4.98 Å². The Kier molecular flexibility index (Phi) is 3.16. The highest BCUT2D eigenvalue weighted by Gasteiger charge is 2.25. The summed E-state index contributed by atoms with van der Waals surface area (Å²) in [6.07, 6.45) is 2.03. The number of carbonyl (C=O) groups is 1. The molecule has 3 heterocycles. The van der Waals surface area contributed by atoms with E-state index in [0.29, 0.717) is 6.54 Å². The fourth-order valence-corrected chi connectivity index (χ4v) is 3.07. The van der Waals surface area contributed by atoms with Crippen molar-refractivity contribution in [1.82, 2.24) is 19.6 Å². The monoisotopic (exact) mass is 279 g/mol. The van der Waals surface area contributed by atoms with E-state index in [1.165, 1.54) is 0 Å². The molecule has 0 atom stereocenters. The number of nitrogens with zero attached hydrogens (tertiary/aromatic N) is 4. The molecule has 1 aliphatic rings. The number of nitrogens with one attached hydrogen (secondary N) is 1. The molecule has 6 nitrogen and oxygen atoms in total. The van der Waals surface area contributed by atoms with Crippen LogP contribution in [-0.2, 0) is 11.3 Å². The van der Waals surface area contributed by atoms with Crippen molar-refractivity contribution >= 4 is 28.0 Å². The van der Waals surface area contributed by atoms with Gasteiger partial charge in [0.15, 0.2) is 10.8 Å². The van der Waals surface area contributed by atoms with E-state index < -0.39 is 0 Å². The molecule has 0 aliphatic carbocycles. The predicted octanol–water partition coefficient (Wildman–Crippen LogP) is 0.394. The molecule has 102 valence electrons. The number of anilines is 1. The summed E-state index contributed by atoms with van der Waals surface area (Å²) in [4.78, 5) is 21.3. The first kappa shape index (κ1) is 12.4. The van der Waals surface area contributed by atoms with Crippen molar-refractivity contribution < 1.29 is 4.79 Å². The Bertz CT molecular complexity index is 604. The fraction of sp³-hybridized carbons (Fsp3) is 0.500. The normalized spacial score (nSPS) is 16.6. The van der Waals surface area contributed by atoms with Gasteiger partial charge >= 0.3 is 0 Å². The Balaban J connectivity index is 1.97. The Hall–Kier alpha value is -1.60. The third kappa shape index (κ3) is 2.08. The molecule has 0 saturated carbocycles. The van der Waals surface area contributed by atoms with Crippen molar-refractivity contribution in [2.75, 3.05) is 38.6 Å². The van der Waals surface area contributed by atoms with Crippen molar-refractivity contribution in [3.63, 3.8) is 0 Å². The van der Waals surface area contributed by atoms with Gasteiger partial charge in [0.25, 0.3) is 0 Å². The van der Waals surface area contributed by atoms with Crippen LogP contribution in [-0.4, -0.2) is 53.9 Å². The number of imidazole rings is 1. The van der Waals surface area contributed by atoms with Gasteiger partial charge in [-0.1, -0.05) is 0 Å². The summed E-state index contributed by atoms with van der Waals surface area (Å²) >= 11 is 1.62. The third-order valence-electron chi connectivity index (χ3n) is 3.44. The van der Waals surface area contributed by atoms with E-state index >= 15 is 0 Å². The van der Waals surface area contributed by atoms with Crippen LogP contribution in [0.15, 0.2) is 11.6 Å². The minimum absolute atomic E-state index is 0.151.